The zero-order chi connectivity index (χ0) is 11.7. The summed E-state index contributed by atoms with van der Waals surface area (Å²) in [5, 5.41) is 11.5. The third-order valence-corrected chi connectivity index (χ3v) is 3.74. The standard InChI is InChI=1S/C13H10N2OS/c14-6-5-10-8-17-13(15-10)12-7-9-3-1-2-4-11(9)16-12/h1-4,8,12H,5,7H2. The van der Waals surface area contributed by atoms with Gasteiger partial charge in [-0.3, -0.25) is 0 Å². The van der Waals surface area contributed by atoms with Crippen molar-refractivity contribution >= 4 is 11.3 Å². The number of rotatable bonds is 2. The van der Waals surface area contributed by atoms with E-state index in [2.05, 4.69) is 17.1 Å². The highest BCUT2D eigenvalue weighted by atomic mass is 32.1. The van der Waals surface area contributed by atoms with Crippen molar-refractivity contribution in [1.82, 2.24) is 4.98 Å². The van der Waals surface area contributed by atoms with Gasteiger partial charge < -0.3 is 4.74 Å². The van der Waals surface area contributed by atoms with Crippen molar-refractivity contribution in [2.24, 2.45) is 0 Å². The van der Waals surface area contributed by atoms with Crippen LogP contribution < -0.4 is 4.74 Å². The van der Waals surface area contributed by atoms with E-state index in [0.717, 1.165) is 22.9 Å². The number of nitrogens with zero attached hydrogens (tertiary/aromatic N) is 2. The van der Waals surface area contributed by atoms with Crippen molar-refractivity contribution in [3.8, 4) is 11.8 Å². The summed E-state index contributed by atoms with van der Waals surface area (Å²) in [5.41, 5.74) is 2.07. The van der Waals surface area contributed by atoms with Gasteiger partial charge in [0.25, 0.3) is 0 Å². The molecule has 3 rings (SSSR count). The van der Waals surface area contributed by atoms with E-state index < -0.39 is 0 Å². The highest BCUT2D eigenvalue weighted by Crippen LogP contribution is 2.37. The number of thiazole rings is 1. The van der Waals surface area contributed by atoms with E-state index in [-0.39, 0.29) is 6.10 Å². The van der Waals surface area contributed by atoms with Crippen LogP contribution in [-0.2, 0) is 12.8 Å². The first-order valence-electron chi connectivity index (χ1n) is 5.42. The molecule has 0 bridgehead atoms. The van der Waals surface area contributed by atoms with Gasteiger partial charge in [-0.25, -0.2) is 4.98 Å². The van der Waals surface area contributed by atoms with Gasteiger partial charge in [-0.2, -0.15) is 5.26 Å². The maximum Gasteiger partial charge on any atom is 0.154 e. The van der Waals surface area contributed by atoms with Gasteiger partial charge in [0.15, 0.2) is 6.10 Å². The predicted octanol–water partition coefficient (Wildman–Crippen LogP) is 2.89. The number of aromatic nitrogens is 1. The van der Waals surface area contributed by atoms with E-state index >= 15 is 0 Å². The topological polar surface area (TPSA) is 45.9 Å². The monoisotopic (exact) mass is 242 g/mol. The van der Waals surface area contributed by atoms with Crippen LogP contribution in [-0.4, -0.2) is 4.98 Å². The first kappa shape index (κ1) is 10.3. The Morgan fingerprint density at radius 3 is 3.18 bits per heavy atom. The fraction of sp³-hybridized carbons (Fsp3) is 0.231. The molecule has 17 heavy (non-hydrogen) atoms. The van der Waals surface area contributed by atoms with Gasteiger partial charge >= 0.3 is 0 Å². The normalized spacial score (nSPS) is 17.2. The summed E-state index contributed by atoms with van der Waals surface area (Å²) in [7, 11) is 0. The number of nitriles is 1. The number of fused-ring (bicyclic) bond motifs is 1. The molecule has 0 spiro atoms. The SMILES string of the molecule is N#CCc1csc(C2Cc3ccccc3O2)n1. The zero-order valence-corrected chi connectivity index (χ0v) is 9.91. The highest BCUT2D eigenvalue weighted by Gasteiger charge is 2.26. The Bertz CT molecular complexity index is 560. The van der Waals surface area contributed by atoms with Crippen LogP contribution in [0.25, 0.3) is 0 Å². The third kappa shape index (κ3) is 1.90. The fourth-order valence-corrected chi connectivity index (χ4v) is 2.80. The molecule has 1 aliphatic heterocycles. The zero-order valence-electron chi connectivity index (χ0n) is 9.09. The lowest BCUT2D eigenvalue weighted by molar-refractivity contribution is 0.238. The summed E-state index contributed by atoms with van der Waals surface area (Å²) in [4.78, 5) is 4.44. The Kier molecular flexibility index (Phi) is 2.54. The van der Waals surface area contributed by atoms with Crippen LogP contribution in [0.3, 0.4) is 0 Å². The van der Waals surface area contributed by atoms with Gasteiger partial charge in [0.05, 0.1) is 18.2 Å². The molecule has 84 valence electrons. The molecule has 0 amide bonds. The molecule has 0 N–H and O–H groups in total. The van der Waals surface area contributed by atoms with E-state index in [9.17, 15) is 0 Å². The Balaban J connectivity index is 1.82. The molecule has 2 aromatic rings. The number of para-hydroxylation sites is 1. The molecule has 1 aliphatic rings. The van der Waals surface area contributed by atoms with Crippen LogP contribution in [0, 0.1) is 11.3 Å². The number of hydrogen-bond acceptors (Lipinski definition) is 4. The smallest absolute Gasteiger partial charge is 0.154 e. The molecule has 2 heterocycles. The number of benzene rings is 1. The Labute approximate surface area is 103 Å². The minimum absolute atomic E-state index is 0.0184. The lowest BCUT2D eigenvalue weighted by Crippen LogP contribution is -2.02. The van der Waals surface area contributed by atoms with Crippen LogP contribution in [0.5, 0.6) is 5.75 Å². The van der Waals surface area contributed by atoms with E-state index in [4.69, 9.17) is 10.00 Å². The minimum Gasteiger partial charge on any atom is -0.483 e. The molecule has 4 heteroatoms. The first-order valence-corrected chi connectivity index (χ1v) is 6.30. The van der Waals surface area contributed by atoms with Gasteiger partial charge in [-0.05, 0) is 11.6 Å². The lowest BCUT2D eigenvalue weighted by atomic mass is 10.1. The van der Waals surface area contributed by atoms with Gasteiger partial charge in [-0.15, -0.1) is 11.3 Å². The molecular formula is C13H10N2OS. The van der Waals surface area contributed by atoms with E-state index in [0.29, 0.717) is 6.42 Å². The molecule has 1 unspecified atom stereocenters. The summed E-state index contributed by atoms with van der Waals surface area (Å²) in [6.45, 7) is 0. The molecule has 0 fully saturated rings. The largest absolute Gasteiger partial charge is 0.483 e. The molecule has 1 aromatic carbocycles. The van der Waals surface area contributed by atoms with Gasteiger partial charge in [0, 0.05) is 11.8 Å². The molecule has 0 radical (unpaired) electrons. The van der Waals surface area contributed by atoms with Crippen molar-refractivity contribution in [3.05, 3.63) is 45.9 Å². The van der Waals surface area contributed by atoms with E-state index in [1.54, 1.807) is 11.3 Å². The first-order chi connectivity index (χ1) is 8.36. The summed E-state index contributed by atoms with van der Waals surface area (Å²) in [5.74, 6) is 0.953. The molecule has 0 saturated carbocycles. The summed E-state index contributed by atoms with van der Waals surface area (Å²) in [6, 6.07) is 10.2. The van der Waals surface area contributed by atoms with E-state index in [1.807, 2.05) is 23.6 Å². The van der Waals surface area contributed by atoms with Crippen molar-refractivity contribution in [3.63, 3.8) is 0 Å². The van der Waals surface area contributed by atoms with Crippen LogP contribution in [0.2, 0.25) is 0 Å². The summed E-state index contributed by atoms with van der Waals surface area (Å²) >= 11 is 1.57. The maximum absolute atomic E-state index is 8.62. The van der Waals surface area contributed by atoms with Crippen molar-refractivity contribution in [2.75, 3.05) is 0 Å². The fourth-order valence-electron chi connectivity index (χ4n) is 1.95. The second kappa shape index (κ2) is 4.19. The van der Waals surface area contributed by atoms with Crippen molar-refractivity contribution in [1.29, 1.82) is 5.26 Å². The average molecular weight is 242 g/mol. The molecule has 1 atom stereocenters. The second-order valence-corrected chi connectivity index (χ2v) is 4.82. The molecular weight excluding hydrogens is 232 g/mol. The van der Waals surface area contributed by atoms with Crippen molar-refractivity contribution in [2.45, 2.75) is 18.9 Å². The van der Waals surface area contributed by atoms with Crippen LogP contribution >= 0.6 is 11.3 Å². The van der Waals surface area contributed by atoms with Gasteiger partial charge in [0.2, 0.25) is 0 Å². The van der Waals surface area contributed by atoms with Gasteiger partial charge in [0.1, 0.15) is 10.8 Å². The van der Waals surface area contributed by atoms with Crippen LogP contribution in [0.1, 0.15) is 22.4 Å². The van der Waals surface area contributed by atoms with Crippen molar-refractivity contribution < 1.29 is 4.74 Å². The maximum atomic E-state index is 8.62. The second-order valence-electron chi connectivity index (χ2n) is 3.93. The molecule has 0 aliphatic carbocycles. The summed E-state index contributed by atoms with van der Waals surface area (Å²) in [6.07, 6.45) is 1.26. The Morgan fingerprint density at radius 1 is 1.47 bits per heavy atom. The van der Waals surface area contributed by atoms with Crippen LogP contribution in [0.4, 0.5) is 0 Å². The Morgan fingerprint density at radius 2 is 2.35 bits per heavy atom. The molecule has 1 aromatic heterocycles. The Hall–Kier alpha value is -1.86. The quantitative estimate of drug-likeness (QED) is 0.813. The molecule has 0 saturated heterocycles. The number of hydrogen-bond donors (Lipinski definition) is 0. The highest BCUT2D eigenvalue weighted by molar-refractivity contribution is 7.09. The molecule has 3 nitrogen and oxygen atoms in total. The average Bonchev–Trinajstić information content (AvgIpc) is 2.94. The third-order valence-electron chi connectivity index (χ3n) is 2.75. The lowest BCUT2D eigenvalue weighted by Gasteiger charge is -2.06. The van der Waals surface area contributed by atoms with Crippen LogP contribution in [0.15, 0.2) is 29.6 Å². The number of ether oxygens (including phenoxy) is 1. The summed E-state index contributed by atoms with van der Waals surface area (Å²) < 4.78 is 5.85. The van der Waals surface area contributed by atoms with E-state index in [1.165, 1.54) is 5.56 Å². The minimum atomic E-state index is 0.0184. The van der Waals surface area contributed by atoms with Gasteiger partial charge in [-0.1, -0.05) is 18.2 Å². The predicted molar refractivity (Wildman–Crippen MR) is 64.9 cm³/mol.